The zero-order valence-corrected chi connectivity index (χ0v) is 26.9. The molecule has 0 aliphatic heterocycles. The summed E-state index contributed by atoms with van der Waals surface area (Å²) in [5, 5.41) is 5.94. The Hall–Kier alpha value is -5.24. The summed E-state index contributed by atoms with van der Waals surface area (Å²) >= 11 is 0. The number of hydrogen-bond acceptors (Lipinski definition) is 8. The van der Waals surface area contributed by atoms with Crippen molar-refractivity contribution < 1.29 is 19.2 Å². The van der Waals surface area contributed by atoms with Crippen LogP contribution in [0.3, 0.4) is 0 Å². The van der Waals surface area contributed by atoms with Gasteiger partial charge < -0.3 is 21.3 Å². The van der Waals surface area contributed by atoms with Gasteiger partial charge in [-0.2, -0.15) is 0 Å². The van der Waals surface area contributed by atoms with E-state index in [2.05, 4.69) is 10.6 Å². The van der Waals surface area contributed by atoms with E-state index in [1.165, 1.54) is 6.92 Å². The van der Waals surface area contributed by atoms with Gasteiger partial charge >= 0.3 is 0 Å². The van der Waals surface area contributed by atoms with Gasteiger partial charge in [0.15, 0.2) is 23.1 Å². The Morgan fingerprint density at radius 2 is 0.864 bits per heavy atom. The molecule has 0 amide bonds. The fourth-order valence-electron chi connectivity index (χ4n) is 3.55. The molecule has 8 nitrogen and oxygen atoms in total. The molecule has 4 rings (SSSR count). The van der Waals surface area contributed by atoms with E-state index in [9.17, 15) is 19.2 Å². The van der Waals surface area contributed by atoms with Crippen LogP contribution in [-0.2, 0) is 0 Å². The van der Waals surface area contributed by atoms with Crippen molar-refractivity contribution in [2.45, 2.75) is 27.7 Å². The number of nitrogens with one attached hydrogen (secondary N) is 2. The molecule has 232 valence electrons. The summed E-state index contributed by atoms with van der Waals surface area (Å²) in [7, 11) is 7.58. The fourth-order valence-corrected chi connectivity index (χ4v) is 3.55. The lowest BCUT2D eigenvalue weighted by atomic mass is 10.1. The maximum absolute atomic E-state index is 11.0. The first kappa shape index (κ1) is 36.8. The molecule has 0 bridgehead atoms. The molecule has 4 N–H and O–H groups in total. The van der Waals surface area contributed by atoms with Crippen LogP contribution >= 0.6 is 0 Å². The van der Waals surface area contributed by atoms with Gasteiger partial charge in [-0.15, -0.1) is 0 Å². The van der Waals surface area contributed by atoms with Crippen LogP contribution < -0.4 is 21.3 Å². The standard InChI is InChI=1S/C10H13NO.2C9H11NO.C8H9NO/c1-8(12)9-5-4-6-10(7-9)11(2)3;2*1-7(11)8-4-3-5-9(6-8)10-2;1-6(10)7-3-2-4-8(9)5-7/h4-7H,1-3H3;2*3-6,10H,1-2H3;2-5H,9H2,1H3. The lowest BCUT2D eigenvalue weighted by Crippen LogP contribution is -2.09. The van der Waals surface area contributed by atoms with E-state index in [0.29, 0.717) is 11.3 Å². The van der Waals surface area contributed by atoms with Crippen molar-refractivity contribution in [1.29, 1.82) is 0 Å². The van der Waals surface area contributed by atoms with Crippen LogP contribution in [0.25, 0.3) is 0 Å². The minimum atomic E-state index is 0.0484. The summed E-state index contributed by atoms with van der Waals surface area (Å²) in [6.45, 7) is 6.23. The van der Waals surface area contributed by atoms with Crippen molar-refractivity contribution in [2.24, 2.45) is 0 Å². The number of anilines is 4. The number of Topliss-reactive ketones (excluding diaryl/α,β-unsaturated/α-hetero) is 4. The fraction of sp³-hybridized carbons (Fsp3) is 0.222. The van der Waals surface area contributed by atoms with Gasteiger partial charge in [-0.25, -0.2) is 0 Å². The predicted molar refractivity (Wildman–Crippen MR) is 184 cm³/mol. The Balaban J connectivity index is 0.000000294. The number of nitrogens with two attached hydrogens (primary N) is 1. The number of benzene rings is 4. The van der Waals surface area contributed by atoms with E-state index < -0.39 is 0 Å². The molecule has 0 heterocycles. The summed E-state index contributed by atoms with van der Waals surface area (Å²) in [6.07, 6.45) is 0. The molecule has 8 heteroatoms. The van der Waals surface area contributed by atoms with Crippen LogP contribution in [0, 0.1) is 0 Å². The molecule has 0 aromatic heterocycles. The highest BCUT2D eigenvalue weighted by Gasteiger charge is 2.01. The van der Waals surface area contributed by atoms with Crippen molar-refractivity contribution in [3.8, 4) is 0 Å². The van der Waals surface area contributed by atoms with Gasteiger partial charge in [-0.05, 0) is 76.2 Å². The molecule has 0 fully saturated rings. The monoisotopic (exact) mass is 596 g/mol. The molecule has 4 aromatic carbocycles. The highest BCUT2D eigenvalue weighted by atomic mass is 16.1. The first-order valence-corrected chi connectivity index (χ1v) is 14.0. The third kappa shape index (κ3) is 13.6. The van der Waals surface area contributed by atoms with E-state index in [4.69, 9.17) is 5.73 Å². The second-order valence-electron chi connectivity index (χ2n) is 9.96. The highest BCUT2D eigenvalue weighted by Crippen LogP contribution is 2.13. The lowest BCUT2D eigenvalue weighted by molar-refractivity contribution is 0.100. The molecular weight excluding hydrogens is 552 g/mol. The lowest BCUT2D eigenvalue weighted by Gasteiger charge is -2.12. The average Bonchev–Trinajstić information content (AvgIpc) is 3.02. The molecule has 0 aliphatic rings. The molecular formula is C36H44N4O4. The largest absolute Gasteiger partial charge is 0.399 e. The molecule has 0 aliphatic carbocycles. The van der Waals surface area contributed by atoms with Crippen LogP contribution in [-0.4, -0.2) is 51.3 Å². The molecule has 0 saturated carbocycles. The average molecular weight is 597 g/mol. The van der Waals surface area contributed by atoms with Gasteiger partial charge in [0.25, 0.3) is 0 Å². The number of rotatable bonds is 7. The van der Waals surface area contributed by atoms with E-state index in [1.807, 2.05) is 106 Å². The summed E-state index contributed by atoms with van der Waals surface area (Å²) in [5.41, 5.74) is 12.0. The first-order chi connectivity index (χ1) is 20.8. The van der Waals surface area contributed by atoms with Crippen LogP contribution in [0.15, 0.2) is 97.1 Å². The number of carbonyl (C=O) groups is 4. The number of nitrogens with zero attached hydrogens (tertiary/aromatic N) is 1. The summed E-state index contributed by atoms with van der Waals surface area (Å²) in [6, 6.07) is 29.4. The Kier molecular flexibility index (Phi) is 15.9. The van der Waals surface area contributed by atoms with Gasteiger partial charge in [0.1, 0.15) is 0 Å². The molecule has 0 radical (unpaired) electrons. The van der Waals surface area contributed by atoms with Gasteiger partial charge in [0, 0.05) is 73.2 Å². The van der Waals surface area contributed by atoms with E-state index >= 15 is 0 Å². The Morgan fingerprint density at radius 3 is 1.18 bits per heavy atom. The topological polar surface area (TPSA) is 122 Å². The molecule has 0 saturated heterocycles. The Bertz CT molecular complexity index is 1490. The van der Waals surface area contributed by atoms with Gasteiger partial charge in [0.2, 0.25) is 0 Å². The summed E-state index contributed by atoms with van der Waals surface area (Å²) < 4.78 is 0. The number of hydrogen-bond donors (Lipinski definition) is 3. The number of carbonyl (C=O) groups excluding carboxylic acids is 4. The number of ketones is 4. The molecule has 0 unspecified atom stereocenters. The van der Waals surface area contributed by atoms with E-state index in [-0.39, 0.29) is 23.1 Å². The molecule has 0 spiro atoms. The van der Waals surface area contributed by atoms with Crippen molar-refractivity contribution in [2.75, 3.05) is 49.5 Å². The molecule has 4 aromatic rings. The van der Waals surface area contributed by atoms with Crippen LogP contribution in [0.2, 0.25) is 0 Å². The maximum Gasteiger partial charge on any atom is 0.159 e. The van der Waals surface area contributed by atoms with Gasteiger partial charge in [0.05, 0.1) is 0 Å². The summed E-state index contributed by atoms with van der Waals surface area (Å²) in [4.78, 5) is 45.5. The van der Waals surface area contributed by atoms with Crippen LogP contribution in [0.1, 0.15) is 69.1 Å². The quantitative estimate of drug-likeness (QED) is 0.150. The minimum absolute atomic E-state index is 0.0484. The van der Waals surface area contributed by atoms with Gasteiger partial charge in [-0.1, -0.05) is 48.5 Å². The van der Waals surface area contributed by atoms with E-state index in [1.54, 1.807) is 45.0 Å². The van der Waals surface area contributed by atoms with Crippen molar-refractivity contribution >= 4 is 45.9 Å². The van der Waals surface area contributed by atoms with Crippen LogP contribution in [0.5, 0.6) is 0 Å². The number of nitrogen functional groups attached to an aromatic ring is 1. The Labute approximate surface area is 261 Å². The normalized spacial score (nSPS) is 9.36. The zero-order valence-electron chi connectivity index (χ0n) is 26.9. The smallest absolute Gasteiger partial charge is 0.159 e. The second kappa shape index (κ2) is 19.0. The van der Waals surface area contributed by atoms with Gasteiger partial charge in [-0.3, -0.25) is 19.2 Å². The third-order valence-electron chi connectivity index (χ3n) is 6.18. The third-order valence-corrected chi connectivity index (χ3v) is 6.18. The molecule has 44 heavy (non-hydrogen) atoms. The maximum atomic E-state index is 11.0. The SMILES string of the molecule is CC(=O)c1cccc(N(C)C)c1.CC(=O)c1cccc(N)c1.CNc1cccc(C(C)=O)c1.CNc1cccc(C(C)=O)c1. The predicted octanol–water partition coefficient (Wildman–Crippen LogP) is 7.29. The zero-order chi connectivity index (χ0) is 33.2. The Morgan fingerprint density at radius 1 is 0.523 bits per heavy atom. The van der Waals surface area contributed by atoms with Crippen molar-refractivity contribution in [1.82, 2.24) is 0 Å². The highest BCUT2D eigenvalue weighted by molar-refractivity contribution is 5.96. The van der Waals surface area contributed by atoms with Crippen molar-refractivity contribution in [3.05, 3.63) is 119 Å². The van der Waals surface area contributed by atoms with Crippen molar-refractivity contribution in [3.63, 3.8) is 0 Å². The van der Waals surface area contributed by atoms with E-state index in [0.717, 1.165) is 33.8 Å². The minimum Gasteiger partial charge on any atom is -0.399 e. The van der Waals surface area contributed by atoms with Crippen LogP contribution in [0.4, 0.5) is 22.7 Å². The summed E-state index contributed by atoms with van der Waals surface area (Å²) in [5.74, 6) is 0.357. The molecule has 0 atom stereocenters. The first-order valence-electron chi connectivity index (χ1n) is 14.0. The second-order valence-corrected chi connectivity index (χ2v) is 9.96.